The summed E-state index contributed by atoms with van der Waals surface area (Å²) in [5.74, 6) is -0.204. The lowest BCUT2D eigenvalue weighted by Crippen LogP contribution is -2.20. The van der Waals surface area contributed by atoms with Gasteiger partial charge in [-0.25, -0.2) is 4.79 Å². The molecule has 0 heterocycles. The molecule has 0 aromatic heterocycles. The second-order valence-corrected chi connectivity index (χ2v) is 3.97. The van der Waals surface area contributed by atoms with Gasteiger partial charge in [-0.05, 0) is 24.6 Å². The van der Waals surface area contributed by atoms with Crippen LogP contribution in [0.4, 0.5) is 0 Å². The molecular formula is C13H18O6. The Balaban J connectivity index is 3.11. The van der Waals surface area contributed by atoms with Crippen LogP contribution in [0.3, 0.4) is 0 Å². The lowest BCUT2D eigenvalue weighted by atomic mass is 9.99. The van der Waals surface area contributed by atoms with Gasteiger partial charge in [0.1, 0.15) is 11.9 Å². The monoisotopic (exact) mass is 270 g/mol. The maximum absolute atomic E-state index is 11.4. The first-order valence-electron chi connectivity index (χ1n) is 5.78. The molecule has 6 nitrogen and oxygen atoms in total. The van der Waals surface area contributed by atoms with Gasteiger partial charge in [-0.2, -0.15) is 0 Å². The van der Waals surface area contributed by atoms with E-state index in [0.29, 0.717) is 5.75 Å². The predicted octanol–water partition coefficient (Wildman–Crippen LogP) is 0.259. The van der Waals surface area contributed by atoms with E-state index in [2.05, 4.69) is 4.74 Å². The van der Waals surface area contributed by atoms with Crippen molar-refractivity contribution in [3.8, 4) is 5.75 Å². The fourth-order valence-electron chi connectivity index (χ4n) is 1.71. The highest BCUT2D eigenvalue weighted by Gasteiger charge is 2.23. The molecule has 1 aromatic carbocycles. The minimum Gasteiger partial charge on any atom is -0.496 e. The Morgan fingerprint density at radius 3 is 2.53 bits per heavy atom. The standard InChI is InChI=1S/C13H18O6/c1-18-11-4-3-8(13(17)19-2)7-9(11)12(16)10(15)5-6-14/h3-4,7,10,12,14-16H,5-6H2,1-2H3. The summed E-state index contributed by atoms with van der Waals surface area (Å²) in [6, 6.07) is 4.41. The van der Waals surface area contributed by atoms with Gasteiger partial charge in [0.05, 0.1) is 25.9 Å². The van der Waals surface area contributed by atoms with Crippen LogP contribution in [-0.4, -0.2) is 48.2 Å². The Bertz CT molecular complexity index is 431. The van der Waals surface area contributed by atoms with Gasteiger partial charge in [0, 0.05) is 12.2 Å². The van der Waals surface area contributed by atoms with Gasteiger partial charge in [-0.1, -0.05) is 0 Å². The van der Waals surface area contributed by atoms with Crippen molar-refractivity contribution >= 4 is 5.97 Å². The third kappa shape index (κ3) is 3.66. The summed E-state index contributed by atoms with van der Waals surface area (Å²) < 4.78 is 9.67. The summed E-state index contributed by atoms with van der Waals surface area (Å²) >= 11 is 0. The van der Waals surface area contributed by atoms with E-state index in [1.54, 1.807) is 0 Å². The highest BCUT2D eigenvalue weighted by atomic mass is 16.5. The number of rotatable bonds is 6. The average molecular weight is 270 g/mol. The average Bonchev–Trinajstić information content (AvgIpc) is 2.45. The maximum atomic E-state index is 11.4. The molecule has 0 aliphatic carbocycles. The smallest absolute Gasteiger partial charge is 0.337 e. The number of methoxy groups -OCH3 is 2. The summed E-state index contributed by atoms with van der Waals surface area (Å²) in [5, 5.41) is 28.5. The van der Waals surface area contributed by atoms with Gasteiger partial charge < -0.3 is 24.8 Å². The van der Waals surface area contributed by atoms with Crippen LogP contribution in [0.5, 0.6) is 5.75 Å². The summed E-state index contributed by atoms with van der Waals surface area (Å²) in [5.41, 5.74) is 0.514. The Labute approximate surface area is 111 Å². The zero-order valence-corrected chi connectivity index (χ0v) is 10.9. The van der Waals surface area contributed by atoms with Crippen LogP contribution in [0.2, 0.25) is 0 Å². The molecule has 0 saturated carbocycles. The number of hydrogen-bond acceptors (Lipinski definition) is 6. The van der Waals surface area contributed by atoms with Crippen LogP contribution in [0.15, 0.2) is 18.2 Å². The van der Waals surface area contributed by atoms with Gasteiger partial charge in [0.2, 0.25) is 0 Å². The molecule has 0 spiro atoms. The minimum atomic E-state index is -1.26. The van der Waals surface area contributed by atoms with Crippen molar-refractivity contribution in [2.24, 2.45) is 0 Å². The second-order valence-electron chi connectivity index (χ2n) is 3.97. The Kier molecular flexibility index (Phi) is 5.75. The Hall–Kier alpha value is -1.63. The molecule has 0 radical (unpaired) electrons. The van der Waals surface area contributed by atoms with Crippen LogP contribution in [0.25, 0.3) is 0 Å². The number of benzene rings is 1. The number of hydrogen-bond donors (Lipinski definition) is 3. The highest BCUT2D eigenvalue weighted by Crippen LogP contribution is 2.29. The topological polar surface area (TPSA) is 96.2 Å². The lowest BCUT2D eigenvalue weighted by Gasteiger charge is -2.20. The Morgan fingerprint density at radius 1 is 1.32 bits per heavy atom. The van der Waals surface area contributed by atoms with E-state index in [4.69, 9.17) is 9.84 Å². The number of carbonyl (C=O) groups is 1. The molecule has 0 fully saturated rings. The molecule has 2 unspecified atom stereocenters. The third-order valence-corrected chi connectivity index (χ3v) is 2.76. The maximum Gasteiger partial charge on any atom is 0.337 e. The predicted molar refractivity (Wildman–Crippen MR) is 67.0 cm³/mol. The summed E-state index contributed by atoms with van der Waals surface area (Å²) in [6.45, 7) is -0.253. The van der Waals surface area contributed by atoms with E-state index in [9.17, 15) is 15.0 Å². The van der Waals surface area contributed by atoms with Crippen molar-refractivity contribution in [1.29, 1.82) is 0 Å². The van der Waals surface area contributed by atoms with Crippen molar-refractivity contribution in [3.05, 3.63) is 29.3 Å². The number of ether oxygens (including phenoxy) is 2. The van der Waals surface area contributed by atoms with E-state index in [1.807, 2.05) is 0 Å². The molecule has 0 aliphatic rings. The van der Waals surface area contributed by atoms with E-state index in [0.717, 1.165) is 0 Å². The van der Waals surface area contributed by atoms with Crippen LogP contribution in [0.1, 0.15) is 28.4 Å². The first-order chi connectivity index (χ1) is 9.04. The molecule has 106 valence electrons. The first-order valence-corrected chi connectivity index (χ1v) is 5.78. The zero-order valence-electron chi connectivity index (χ0n) is 10.9. The number of carbonyl (C=O) groups excluding carboxylic acids is 1. The van der Waals surface area contributed by atoms with E-state index in [-0.39, 0.29) is 24.2 Å². The number of aliphatic hydroxyl groups is 3. The molecule has 1 rings (SSSR count). The SMILES string of the molecule is COC(=O)c1ccc(OC)c(C(O)C(O)CCO)c1. The highest BCUT2D eigenvalue weighted by molar-refractivity contribution is 5.89. The second kappa shape index (κ2) is 7.08. The fourth-order valence-corrected chi connectivity index (χ4v) is 1.71. The van der Waals surface area contributed by atoms with Gasteiger partial charge in [-0.15, -0.1) is 0 Å². The largest absolute Gasteiger partial charge is 0.496 e. The lowest BCUT2D eigenvalue weighted by molar-refractivity contribution is 0.00296. The minimum absolute atomic E-state index is 0.0206. The molecule has 19 heavy (non-hydrogen) atoms. The van der Waals surface area contributed by atoms with Crippen molar-refractivity contribution in [1.82, 2.24) is 0 Å². The fraction of sp³-hybridized carbons (Fsp3) is 0.462. The number of esters is 1. The van der Waals surface area contributed by atoms with Crippen molar-refractivity contribution < 1.29 is 29.6 Å². The van der Waals surface area contributed by atoms with Gasteiger partial charge >= 0.3 is 5.97 Å². The molecule has 2 atom stereocenters. The van der Waals surface area contributed by atoms with Gasteiger partial charge in [0.15, 0.2) is 0 Å². The molecule has 0 aliphatic heterocycles. The Morgan fingerprint density at radius 2 is 2.00 bits per heavy atom. The normalized spacial score (nSPS) is 13.7. The third-order valence-electron chi connectivity index (χ3n) is 2.76. The van der Waals surface area contributed by atoms with Crippen LogP contribution >= 0.6 is 0 Å². The van der Waals surface area contributed by atoms with Crippen LogP contribution in [-0.2, 0) is 4.74 Å². The van der Waals surface area contributed by atoms with Gasteiger partial charge in [-0.3, -0.25) is 0 Å². The first kappa shape index (κ1) is 15.4. The van der Waals surface area contributed by atoms with Crippen molar-refractivity contribution in [2.45, 2.75) is 18.6 Å². The number of aliphatic hydroxyl groups excluding tert-OH is 3. The molecular weight excluding hydrogens is 252 g/mol. The summed E-state index contributed by atoms with van der Waals surface area (Å²) in [6.07, 6.45) is -2.38. The van der Waals surface area contributed by atoms with Gasteiger partial charge in [0.25, 0.3) is 0 Å². The quantitative estimate of drug-likeness (QED) is 0.642. The van der Waals surface area contributed by atoms with E-state index >= 15 is 0 Å². The molecule has 6 heteroatoms. The summed E-state index contributed by atoms with van der Waals surface area (Å²) in [7, 11) is 2.67. The van der Waals surface area contributed by atoms with E-state index < -0.39 is 18.2 Å². The van der Waals surface area contributed by atoms with Crippen LogP contribution < -0.4 is 4.74 Å². The van der Waals surface area contributed by atoms with Crippen molar-refractivity contribution in [2.75, 3.05) is 20.8 Å². The molecule has 0 amide bonds. The zero-order chi connectivity index (χ0) is 14.4. The molecule has 0 saturated heterocycles. The van der Waals surface area contributed by atoms with E-state index in [1.165, 1.54) is 32.4 Å². The van der Waals surface area contributed by atoms with Crippen molar-refractivity contribution in [3.63, 3.8) is 0 Å². The van der Waals surface area contributed by atoms with Crippen LogP contribution in [0, 0.1) is 0 Å². The molecule has 3 N–H and O–H groups in total. The molecule has 1 aromatic rings. The summed E-state index contributed by atoms with van der Waals surface area (Å²) in [4.78, 5) is 11.4. The molecule has 0 bridgehead atoms.